The summed E-state index contributed by atoms with van der Waals surface area (Å²) in [5.41, 5.74) is 2.35. The molecule has 0 aliphatic carbocycles. The van der Waals surface area contributed by atoms with Gasteiger partial charge in [0.2, 0.25) is 0 Å². The van der Waals surface area contributed by atoms with Crippen LogP contribution in [0.5, 0.6) is 0 Å². The number of hydrogen-bond acceptors (Lipinski definition) is 2. The first-order valence-corrected chi connectivity index (χ1v) is 7.74. The highest BCUT2D eigenvalue weighted by Gasteiger charge is 2.27. The summed E-state index contributed by atoms with van der Waals surface area (Å²) in [6.45, 7) is 4.58. The van der Waals surface area contributed by atoms with Crippen LogP contribution in [0, 0.1) is 4.77 Å². The third-order valence-corrected chi connectivity index (χ3v) is 4.49. The average molecular weight is 287 g/mol. The summed E-state index contributed by atoms with van der Waals surface area (Å²) in [5.74, 6) is 0. The van der Waals surface area contributed by atoms with Crippen molar-refractivity contribution in [3.05, 3.63) is 41.3 Å². The lowest BCUT2D eigenvalue weighted by Gasteiger charge is -2.41. The Morgan fingerprint density at radius 2 is 1.75 bits per heavy atom. The van der Waals surface area contributed by atoms with Crippen molar-refractivity contribution in [1.29, 1.82) is 0 Å². The minimum Gasteiger partial charge on any atom is -0.335 e. The van der Waals surface area contributed by atoms with Gasteiger partial charge in [0.25, 0.3) is 0 Å². The van der Waals surface area contributed by atoms with E-state index in [0.717, 1.165) is 10.5 Å². The predicted octanol–water partition coefficient (Wildman–Crippen LogP) is 4.11. The first-order valence-electron chi connectivity index (χ1n) is 7.33. The summed E-state index contributed by atoms with van der Waals surface area (Å²) in [4.78, 5) is 3.21. The molecule has 0 radical (unpaired) electrons. The molecule has 2 aromatic rings. The molecule has 2 heterocycles. The van der Waals surface area contributed by atoms with E-state index in [4.69, 9.17) is 12.2 Å². The van der Waals surface area contributed by atoms with Gasteiger partial charge in [-0.2, -0.15) is 0 Å². The molecule has 4 heteroatoms. The normalized spacial score (nSPS) is 23.0. The molecule has 1 saturated heterocycles. The molecule has 3 rings (SSSR count). The minimum absolute atomic E-state index is 0.517. The average Bonchev–Trinajstić information content (AvgIpc) is 2.82. The molecule has 0 spiro atoms. The Morgan fingerprint density at radius 3 is 2.40 bits per heavy atom. The largest absolute Gasteiger partial charge is 0.335 e. The Hall–Kier alpha value is -1.55. The maximum Gasteiger partial charge on any atom is 0.196 e. The van der Waals surface area contributed by atoms with Crippen molar-refractivity contribution >= 4 is 12.2 Å². The number of aromatic amines is 1. The number of nitrogens with zero attached hydrogens (tertiary/aromatic N) is 2. The molecule has 1 aromatic heterocycles. The molecule has 1 aliphatic heterocycles. The van der Waals surface area contributed by atoms with Crippen LogP contribution in [-0.4, -0.2) is 21.7 Å². The predicted molar refractivity (Wildman–Crippen MR) is 86.0 cm³/mol. The van der Waals surface area contributed by atoms with Crippen molar-refractivity contribution in [2.75, 3.05) is 5.01 Å². The highest BCUT2D eigenvalue weighted by molar-refractivity contribution is 7.71. The Kier molecular flexibility index (Phi) is 3.66. The van der Waals surface area contributed by atoms with Gasteiger partial charge in [0.1, 0.15) is 0 Å². The van der Waals surface area contributed by atoms with E-state index in [1.807, 2.05) is 12.3 Å². The van der Waals surface area contributed by atoms with Gasteiger partial charge in [0.05, 0.1) is 5.69 Å². The van der Waals surface area contributed by atoms with E-state index >= 15 is 0 Å². The molecule has 2 unspecified atom stereocenters. The van der Waals surface area contributed by atoms with E-state index < -0.39 is 0 Å². The molecule has 20 heavy (non-hydrogen) atoms. The summed E-state index contributed by atoms with van der Waals surface area (Å²) in [5, 5.41) is 2.44. The second-order valence-electron chi connectivity index (χ2n) is 5.67. The zero-order valence-corrected chi connectivity index (χ0v) is 12.9. The van der Waals surface area contributed by atoms with E-state index in [2.05, 4.69) is 52.8 Å². The molecule has 0 saturated carbocycles. The van der Waals surface area contributed by atoms with Crippen LogP contribution >= 0.6 is 12.2 Å². The van der Waals surface area contributed by atoms with E-state index in [9.17, 15) is 0 Å². The van der Waals surface area contributed by atoms with Crippen molar-refractivity contribution < 1.29 is 0 Å². The molecule has 1 aromatic carbocycles. The van der Waals surface area contributed by atoms with Crippen molar-refractivity contribution in [2.45, 2.75) is 45.2 Å². The molecule has 2 atom stereocenters. The number of piperidine rings is 1. The summed E-state index contributed by atoms with van der Waals surface area (Å²) in [6.07, 6.45) is 5.78. The van der Waals surface area contributed by atoms with Gasteiger partial charge in [0, 0.05) is 23.8 Å². The first-order chi connectivity index (χ1) is 9.68. The van der Waals surface area contributed by atoms with Crippen LogP contribution < -0.4 is 5.01 Å². The smallest absolute Gasteiger partial charge is 0.196 e. The fourth-order valence-electron chi connectivity index (χ4n) is 3.21. The lowest BCUT2D eigenvalue weighted by molar-refractivity contribution is 0.336. The highest BCUT2D eigenvalue weighted by Crippen LogP contribution is 2.26. The van der Waals surface area contributed by atoms with Crippen molar-refractivity contribution in [3.63, 3.8) is 0 Å². The molecule has 1 aliphatic rings. The van der Waals surface area contributed by atoms with Crippen LogP contribution in [0.1, 0.15) is 33.1 Å². The van der Waals surface area contributed by atoms with Gasteiger partial charge >= 0.3 is 0 Å². The summed E-state index contributed by atoms with van der Waals surface area (Å²) < 4.78 is 2.98. The van der Waals surface area contributed by atoms with E-state index in [1.54, 1.807) is 0 Å². The number of hydrogen-bond donors (Lipinski definition) is 1. The maximum absolute atomic E-state index is 5.53. The fourth-order valence-corrected chi connectivity index (χ4v) is 3.46. The Morgan fingerprint density at radius 1 is 1.10 bits per heavy atom. The maximum atomic E-state index is 5.53. The van der Waals surface area contributed by atoms with Crippen LogP contribution in [0.4, 0.5) is 0 Å². The monoisotopic (exact) mass is 287 g/mol. The molecular formula is C16H21N3S. The lowest BCUT2D eigenvalue weighted by atomic mass is 10.00. The molecule has 1 N–H and O–H groups in total. The van der Waals surface area contributed by atoms with Crippen LogP contribution in [0.25, 0.3) is 11.3 Å². The molecular weight excluding hydrogens is 266 g/mol. The number of nitrogens with one attached hydrogen (secondary N) is 1. The van der Waals surface area contributed by atoms with Crippen LogP contribution in [0.3, 0.4) is 0 Å². The van der Waals surface area contributed by atoms with Gasteiger partial charge in [-0.3, -0.25) is 0 Å². The van der Waals surface area contributed by atoms with Crippen molar-refractivity contribution in [3.8, 4) is 11.3 Å². The third kappa shape index (κ3) is 2.29. The van der Waals surface area contributed by atoms with Crippen LogP contribution in [-0.2, 0) is 0 Å². The zero-order chi connectivity index (χ0) is 14.1. The van der Waals surface area contributed by atoms with Gasteiger partial charge in [-0.15, -0.1) is 0 Å². The van der Waals surface area contributed by atoms with Gasteiger partial charge < -0.3 is 9.99 Å². The second kappa shape index (κ2) is 5.44. The zero-order valence-electron chi connectivity index (χ0n) is 12.0. The quantitative estimate of drug-likeness (QED) is 0.840. The van der Waals surface area contributed by atoms with E-state index in [-0.39, 0.29) is 0 Å². The van der Waals surface area contributed by atoms with E-state index in [0.29, 0.717) is 12.1 Å². The Labute approximate surface area is 125 Å². The van der Waals surface area contributed by atoms with Crippen molar-refractivity contribution in [2.24, 2.45) is 0 Å². The standard InChI is InChI=1S/C16H21N3S/c1-12-7-6-8-13(2)18(12)19-15(11-17-16(19)20)14-9-4-3-5-10-14/h3-5,9-13H,6-8H2,1-2H3,(H,17,20). The van der Waals surface area contributed by atoms with Gasteiger partial charge in [0.15, 0.2) is 4.77 Å². The number of rotatable bonds is 2. The summed E-state index contributed by atoms with van der Waals surface area (Å²) >= 11 is 5.53. The number of benzene rings is 1. The molecule has 0 bridgehead atoms. The molecule has 0 amide bonds. The molecule has 106 valence electrons. The topological polar surface area (TPSA) is 24.0 Å². The van der Waals surface area contributed by atoms with Crippen molar-refractivity contribution in [1.82, 2.24) is 9.66 Å². The number of imidazole rings is 1. The Bertz CT molecular complexity index is 619. The fraction of sp³-hybridized carbons (Fsp3) is 0.438. The Balaban J connectivity index is 2.10. The highest BCUT2D eigenvalue weighted by atomic mass is 32.1. The third-order valence-electron chi connectivity index (χ3n) is 4.20. The first kappa shape index (κ1) is 13.4. The lowest BCUT2D eigenvalue weighted by Crippen LogP contribution is -2.51. The van der Waals surface area contributed by atoms with E-state index in [1.165, 1.54) is 24.8 Å². The summed E-state index contributed by atoms with van der Waals surface area (Å²) in [7, 11) is 0. The molecule has 3 nitrogen and oxygen atoms in total. The molecule has 1 fully saturated rings. The minimum atomic E-state index is 0.517. The van der Waals surface area contributed by atoms with Gasteiger partial charge in [-0.1, -0.05) is 30.3 Å². The number of H-pyrrole nitrogens is 1. The number of aromatic nitrogens is 2. The van der Waals surface area contributed by atoms with Gasteiger partial charge in [-0.05, 0) is 45.3 Å². The van der Waals surface area contributed by atoms with Crippen LogP contribution in [0.2, 0.25) is 0 Å². The second-order valence-corrected chi connectivity index (χ2v) is 6.05. The van der Waals surface area contributed by atoms with Crippen LogP contribution in [0.15, 0.2) is 36.5 Å². The SMILES string of the molecule is CC1CCCC(C)N1n1c(-c2ccccc2)c[nH]c1=S. The van der Waals surface area contributed by atoms with Gasteiger partial charge in [-0.25, -0.2) is 4.68 Å². The summed E-state index contributed by atoms with van der Waals surface area (Å²) in [6, 6.07) is 11.5.